The summed E-state index contributed by atoms with van der Waals surface area (Å²) in [6, 6.07) is 0. The number of ether oxygens (including phenoxy) is 6. The molecule has 2 aliphatic heterocycles. The maximum atomic E-state index is 13.0. The van der Waals surface area contributed by atoms with Crippen LogP contribution in [0.2, 0.25) is 0 Å². The molecular weight excluding hydrogens is 877 g/mol. The van der Waals surface area contributed by atoms with E-state index in [9.17, 15) is 45.3 Å². The molecule has 0 aliphatic carbocycles. The van der Waals surface area contributed by atoms with E-state index in [1.54, 1.807) is 0 Å². The van der Waals surface area contributed by atoms with Gasteiger partial charge >= 0.3 is 11.9 Å². The Morgan fingerprint density at radius 2 is 0.882 bits per heavy atom. The quantitative estimate of drug-likeness (QED) is 0.0193. The van der Waals surface area contributed by atoms with E-state index in [4.69, 9.17) is 28.4 Å². The molecule has 0 bridgehead atoms. The summed E-state index contributed by atoms with van der Waals surface area (Å²) in [6.07, 6.45) is 30.4. The van der Waals surface area contributed by atoms with E-state index in [0.717, 1.165) is 103 Å². The van der Waals surface area contributed by atoms with Crippen molar-refractivity contribution in [2.45, 2.75) is 210 Å². The fourth-order valence-corrected chi connectivity index (χ4v) is 7.28. The molecule has 0 aromatic carbocycles. The SMILES string of the molecule is CC/C=C\C/C=C\C/C=C\C/C=C\CCCCC(=O)OC(COC(=O)CCCCCCCCC/C=C\C/C=C\C/C=C\CC)COC1OC(COC2OC(CO)C(O)C(O)C2O)C(O)C(O)C1O. The van der Waals surface area contributed by atoms with Gasteiger partial charge in [-0.05, 0) is 83.5 Å². The van der Waals surface area contributed by atoms with Crippen LogP contribution in [0.3, 0.4) is 0 Å². The number of aliphatic hydroxyl groups is 7. The highest BCUT2D eigenvalue weighted by Crippen LogP contribution is 2.26. The lowest BCUT2D eigenvalue weighted by molar-refractivity contribution is -0.332. The fraction of sp³-hybridized carbons (Fsp3) is 0.698. The Kier molecular flexibility index (Phi) is 35.2. The number of esters is 2. The number of hydrogen-bond acceptors (Lipinski definition) is 15. The fourth-order valence-electron chi connectivity index (χ4n) is 7.28. The van der Waals surface area contributed by atoms with Crippen LogP contribution in [0.25, 0.3) is 0 Å². The molecule has 2 fully saturated rings. The van der Waals surface area contributed by atoms with Crippen molar-refractivity contribution in [1.29, 1.82) is 0 Å². The number of allylic oxidation sites excluding steroid dienone is 14. The third-order valence-electron chi connectivity index (χ3n) is 11.4. The zero-order valence-electron chi connectivity index (χ0n) is 40.8. The monoisotopic (exact) mass is 963 g/mol. The highest BCUT2D eigenvalue weighted by atomic mass is 16.7. The van der Waals surface area contributed by atoms with Crippen molar-refractivity contribution < 1.29 is 73.8 Å². The molecule has 15 heteroatoms. The minimum absolute atomic E-state index is 0.106. The van der Waals surface area contributed by atoms with E-state index in [0.29, 0.717) is 12.8 Å². The van der Waals surface area contributed by atoms with Gasteiger partial charge in [-0.2, -0.15) is 0 Å². The Morgan fingerprint density at radius 3 is 1.41 bits per heavy atom. The molecule has 15 nitrogen and oxygen atoms in total. The van der Waals surface area contributed by atoms with E-state index in [2.05, 4.69) is 98.9 Å². The van der Waals surface area contributed by atoms with E-state index in [1.807, 2.05) is 0 Å². The smallest absolute Gasteiger partial charge is 0.306 e. The van der Waals surface area contributed by atoms with Gasteiger partial charge in [-0.25, -0.2) is 0 Å². The molecular formula is C53H86O15. The molecule has 2 saturated heterocycles. The second-order valence-corrected chi connectivity index (χ2v) is 17.2. The lowest BCUT2D eigenvalue weighted by Gasteiger charge is -2.42. The lowest BCUT2D eigenvalue weighted by atomic mass is 9.98. The largest absolute Gasteiger partial charge is 0.462 e. The van der Waals surface area contributed by atoms with Gasteiger partial charge in [0.1, 0.15) is 55.4 Å². The van der Waals surface area contributed by atoms with Crippen LogP contribution in [0, 0.1) is 0 Å². The molecule has 0 saturated carbocycles. The van der Waals surface area contributed by atoms with Crippen molar-refractivity contribution in [3.05, 3.63) is 85.1 Å². The molecule has 0 spiro atoms. The zero-order chi connectivity index (χ0) is 49.6. The first-order valence-corrected chi connectivity index (χ1v) is 25.2. The number of rotatable bonds is 37. The van der Waals surface area contributed by atoms with Crippen LogP contribution in [0.1, 0.15) is 142 Å². The van der Waals surface area contributed by atoms with Crippen molar-refractivity contribution in [3.63, 3.8) is 0 Å². The summed E-state index contributed by atoms with van der Waals surface area (Å²) < 4.78 is 33.5. The first kappa shape index (κ1) is 60.8. The highest BCUT2D eigenvalue weighted by Gasteiger charge is 2.47. The molecule has 2 aliphatic rings. The van der Waals surface area contributed by atoms with Crippen molar-refractivity contribution in [2.75, 3.05) is 26.4 Å². The van der Waals surface area contributed by atoms with Gasteiger partial charge in [0.05, 0.1) is 19.8 Å². The Balaban J connectivity index is 1.84. The average molecular weight is 963 g/mol. The first-order valence-electron chi connectivity index (χ1n) is 25.2. The second kappa shape index (κ2) is 39.4. The normalized spacial score (nSPS) is 26.5. The molecule has 0 amide bonds. The second-order valence-electron chi connectivity index (χ2n) is 17.2. The molecule has 11 unspecified atom stereocenters. The third-order valence-corrected chi connectivity index (χ3v) is 11.4. The van der Waals surface area contributed by atoms with Crippen molar-refractivity contribution in [1.82, 2.24) is 0 Å². The molecule has 7 N–H and O–H groups in total. The van der Waals surface area contributed by atoms with Crippen molar-refractivity contribution in [3.8, 4) is 0 Å². The van der Waals surface area contributed by atoms with Crippen LogP contribution in [-0.4, -0.2) is 142 Å². The van der Waals surface area contributed by atoms with Crippen LogP contribution in [0.15, 0.2) is 85.1 Å². The minimum atomic E-state index is -1.78. The number of carbonyl (C=O) groups excluding carboxylic acids is 2. The van der Waals surface area contributed by atoms with E-state index in [-0.39, 0.29) is 19.4 Å². The van der Waals surface area contributed by atoms with E-state index >= 15 is 0 Å². The Bertz CT molecular complexity index is 1510. The molecule has 11 atom stereocenters. The van der Waals surface area contributed by atoms with E-state index in [1.165, 1.54) is 0 Å². The Labute approximate surface area is 405 Å². The summed E-state index contributed by atoms with van der Waals surface area (Å²) >= 11 is 0. The molecule has 0 radical (unpaired) electrons. The summed E-state index contributed by atoms with van der Waals surface area (Å²) in [4.78, 5) is 25.7. The average Bonchev–Trinajstić information content (AvgIpc) is 3.33. The summed E-state index contributed by atoms with van der Waals surface area (Å²) in [6.45, 7) is 2.28. The lowest BCUT2D eigenvalue weighted by Crippen LogP contribution is -2.61. The Morgan fingerprint density at radius 1 is 0.471 bits per heavy atom. The molecule has 2 heterocycles. The van der Waals surface area contributed by atoms with Gasteiger partial charge in [0.15, 0.2) is 18.7 Å². The van der Waals surface area contributed by atoms with Gasteiger partial charge in [-0.15, -0.1) is 0 Å². The first-order chi connectivity index (χ1) is 33.0. The van der Waals surface area contributed by atoms with Gasteiger partial charge in [0, 0.05) is 12.8 Å². The molecule has 68 heavy (non-hydrogen) atoms. The minimum Gasteiger partial charge on any atom is -0.462 e. The van der Waals surface area contributed by atoms with Gasteiger partial charge < -0.3 is 64.2 Å². The van der Waals surface area contributed by atoms with Crippen molar-refractivity contribution >= 4 is 11.9 Å². The maximum Gasteiger partial charge on any atom is 0.306 e. The van der Waals surface area contributed by atoms with E-state index < -0.39 is 99.3 Å². The summed E-state index contributed by atoms with van der Waals surface area (Å²) in [5.41, 5.74) is 0. The van der Waals surface area contributed by atoms with Crippen LogP contribution in [0.5, 0.6) is 0 Å². The number of aliphatic hydroxyl groups excluding tert-OH is 7. The molecule has 2 rings (SSSR count). The number of carbonyl (C=O) groups is 2. The van der Waals surface area contributed by atoms with Crippen LogP contribution < -0.4 is 0 Å². The van der Waals surface area contributed by atoms with Crippen LogP contribution >= 0.6 is 0 Å². The van der Waals surface area contributed by atoms with Crippen molar-refractivity contribution in [2.24, 2.45) is 0 Å². The summed E-state index contributed by atoms with van der Waals surface area (Å²) in [5, 5.41) is 72.0. The summed E-state index contributed by atoms with van der Waals surface area (Å²) in [5.74, 6) is -0.994. The Hall–Kier alpha value is -3.32. The standard InChI is InChI=1S/C53H86O15/c1-3-5-7-9-11-13-15-17-19-20-22-23-25-27-29-31-33-35-44(55)63-38-41(66-45(56)36-34-32-30-28-26-24-21-18-16-14-12-10-8-6-4-2)39-64-52-51(62)49(60)47(58)43(68-52)40-65-53-50(61)48(59)46(57)42(37-54)67-53/h5-8,11-14,17-19,21,26,28,41-43,46-54,57-62H,3-4,9-10,15-16,20,22-25,27,29-40H2,1-2H3/b7-5-,8-6-,13-11-,14-12-,19-17-,21-18-,28-26-. The molecule has 388 valence electrons. The van der Waals surface area contributed by atoms with Crippen LogP contribution in [0.4, 0.5) is 0 Å². The summed E-state index contributed by atoms with van der Waals surface area (Å²) in [7, 11) is 0. The topological polar surface area (TPSA) is 231 Å². The third kappa shape index (κ3) is 27.2. The highest BCUT2D eigenvalue weighted by molar-refractivity contribution is 5.70. The van der Waals surface area contributed by atoms with Crippen LogP contribution in [-0.2, 0) is 38.0 Å². The van der Waals surface area contributed by atoms with Gasteiger partial charge in [0.25, 0.3) is 0 Å². The van der Waals surface area contributed by atoms with Gasteiger partial charge in [-0.1, -0.05) is 131 Å². The zero-order valence-corrected chi connectivity index (χ0v) is 40.8. The maximum absolute atomic E-state index is 13.0. The van der Waals surface area contributed by atoms with Gasteiger partial charge in [0.2, 0.25) is 0 Å². The molecule has 0 aromatic heterocycles. The van der Waals surface area contributed by atoms with Gasteiger partial charge in [-0.3, -0.25) is 9.59 Å². The predicted molar refractivity (Wildman–Crippen MR) is 261 cm³/mol. The molecule has 0 aromatic rings. The number of unbranched alkanes of at least 4 members (excludes halogenated alkanes) is 9. The predicted octanol–water partition coefficient (Wildman–Crippen LogP) is 6.82. The number of hydrogen-bond donors (Lipinski definition) is 7.